The van der Waals surface area contributed by atoms with E-state index in [9.17, 15) is 9.18 Å². The molecule has 0 aliphatic carbocycles. The van der Waals surface area contributed by atoms with E-state index >= 15 is 0 Å². The lowest BCUT2D eigenvalue weighted by Crippen LogP contribution is -1.99. The van der Waals surface area contributed by atoms with Crippen molar-refractivity contribution in [3.8, 4) is 0 Å². The summed E-state index contributed by atoms with van der Waals surface area (Å²) in [5.74, 6) is -1.54. The Kier molecular flexibility index (Phi) is 1.89. The smallest absolute Gasteiger partial charge is 0.354 e. The standard InChI is InChI=1S/C10H6FNO2/c11-7-3-1-6-2-4-8(10(13)14)12-9(6)5-7/h1-5H,(H,13,14). The van der Waals surface area contributed by atoms with Crippen LogP contribution in [0.2, 0.25) is 0 Å². The Labute approximate surface area is 78.8 Å². The molecule has 14 heavy (non-hydrogen) atoms. The third-order valence-corrected chi connectivity index (χ3v) is 1.87. The van der Waals surface area contributed by atoms with E-state index in [1.54, 1.807) is 12.1 Å². The van der Waals surface area contributed by atoms with Crippen molar-refractivity contribution in [1.82, 2.24) is 4.98 Å². The Morgan fingerprint density at radius 2 is 2.00 bits per heavy atom. The first-order chi connectivity index (χ1) is 6.66. The molecule has 1 N–H and O–H groups in total. The number of rotatable bonds is 1. The zero-order valence-electron chi connectivity index (χ0n) is 7.07. The molecule has 2 rings (SSSR count). The van der Waals surface area contributed by atoms with Gasteiger partial charge in [0.05, 0.1) is 5.52 Å². The molecule has 4 heteroatoms. The number of carboxylic acid groups (broad SMARTS) is 1. The number of aromatic nitrogens is 1. The van der Waals surface area contributed by atoms with Gasteiger partial charge in [-0.3, -0.25) is 0 Å². The summed E-state index contributed by atoms with van der Waals surface area (Å²) in [5.41, 5.74) is 0.271. The van der Waals surface area contributed by atoms with E-state index in [4.69, 9.17) is 5.11 Å². The highest BCUT2D eigenvalue weighted by Gasteiger charge is 2.05. The van der Waals surface area contributed by atoms with Gasteiger partial charge in [0.1, 0.15) is 11.5 Å². The second kappa shape index (κ2) is 3.06. The Morgan fingerprint density at radius 1 is 1.29 bits per heavy atom. The summed E-state index contributed by atoms with van der Waals surface area (Å²) in [7, 11) is 0. The summed E-state index contributed by atoms with van der Waals surface area (Å²) in [6.07, 6.45) is 0. The van der Waals surface area contributed by atoms with Crippen molar-refractivity contribution in [3.63, 3.8) is 0 Å². The van der Waals surface area contributed by atoms with Crippen molar-refractivity contribution < 1.29 is 14.3 Å². The zero-order valence-corrected chi connectivity index (χ0v) is 7.07. The molecule has 0 aliphatic heterocycles. The van der Waals surface area contributed by atoms with Crippen LogP contribution in [0.3, 0.4) is 0 Å². The molecular formula is C10H6FNO2. The summed E-state index contributed by atoms with van der Waals surface area (Å²) in [6.45, 7) is 0. The molecule has 0 saturated heterocycles. The first kappa shape index (κ1) is 8.62. The fraction of sp³-hybridized carbons (Fsp3) is 0. The van der Waals surface area contributed by atoms with Crippen molar-refractivity contribution in [2.75, 3.05) is 0 Å². The van der Waals surface area contributed by atoms with Crippen LogP contribution >= 0.6 is 0 Å². The lowest BCUT2D eigenvalue weighted by Gasteiger charge is -1.98. The average molecular weight is 191 g/mol. The molecular weight excluding hydrogens is 185 g/mol. The van der Waals surface area contributed by atoms with Gasteiger partial charge in [-0.15, -0.1) is 0 Å². The largest absolute Gasteiger partial charge is 0.477 e. The van der Waals surface area contributed by atoms with Crippen molar-refractivity contribution in [3.05, 3.63) is 41.8 Å². The van der Waals surface area contributed by atoms with E-state index in [1.807, 2.05) is 0 Å². The maximum Gasteiger partial charge on any atom is 0.354 e. The first-order valence-electron chi connectivity index (χ1n) is 3.96. The Balaban J connectivity index is 2.69. The molecule has 0 unspecified atom stereocenters. The van der Waals surface area contributed by atoms with Gasteiger partial charge in [-0.05, 0) is 18.2 Å². The summed E-state index contributed by atoms with van der Waals surface area (Å²) >= 11 is 0. The number of aromatic carboxylic acids is 1. The number of pyridine rings is 1. The minimum absolute atomic E-state index is 0.0805. The normalized spacial score (nSPS) is 10.4. The number of hydrogen-bond donors (Lipinski definition) is 1. The highest BCUT2D eigenvalue weighted by atomic mass is 19.1. The lowest BCUT2D eigenvalue weighted by atomic mass is 10.2. The average Bonchev–Trinajstić information content (AvgIpc) is 2.16. The number of halogens is 1. The molecule has 70 valence electrons. The van der Waals surface area contributed by atoms with Crippen LogP contribution in [0, 0.1) is 5.82 Å². The van der Waals surface area contributed by atoms with Gasteiger partial charge < -0.3 is 5.11 Å². The van der Waals surface area contributed by atoms with Crippen molar-refractivity contribution in [1.29, 1.82) is 0 Å². The van der Waals surface area contributed by atoms with Gasteiger partial charge in [-0.25, -0.2) is 14.2 Å². The van der Waals surface area contributed by atoms with Crippen LogP contribution in [0.15, 0.2) is 30.3 Å². The van der Waals surface area contributed by atoms with Gasteiger partial charge in [0.25, 0.3) is 0 Å². The predicted octanol–water partition coefficient (Wildman–Crippen LogP) is 2.07. The van der Waals surface area contributed by atoms with Crippen LogP contribution in [0.1, 0.15) is 10.5 Å². The molecule has 0 aliphatic rings. The highest BCUT2D eigenvalue weighted by Crippen LogP contribution is 2.13. The number of hydrogen-bond acceptors (Lipinski definition) is 2. The van der Waals surface area contributed by atoms with Gasteiger partial charge >= 0.3 is 5.97 Å². The zero-order chi connectivity index (χ0) is 10.1. The van der Waals surface area contributed by atoms with E-state index in [1.165, 1.54) is 18.2 Å². The molecule has 2 aromatic rings. The van der Waals surface area contributed by atoms with E-state index < -0.39 is 11.8 Å². The van der Waals surface area contributed by atoms with E-state index in [-0.39, 0.29) is 5.69 Å². The van der Waals surface area contributed by atoms with Crippen LogP contribution in [-0.2, 0) is 0 Å². The van der Waals surface area contributed by atoms with E-state index in [0.29, 0.717) is 5.52 Å². The summed E-state index contributed by atoms with van der Waals surface area (Å²) < 4.78 is 12.8. The van der Waals surface area contributed by atoms with E-state index in [2.05, 4.69) is 4.98 Å². The van der Waals surface area contributed by atoms with Gasteiger partial charge in [0.15, 0.2) is 0 Å². The fourth-order valence-electron chi connectivity index (χ4n) is 1.21. The number of carbonyl (C=O) groups is 1. The van der Waals surface area contributed by atoms with Crippen molar-refractivity contribution >= 4 is 16.9 Å². The minimum atomic E-state index is -1.11. The maximum atomic E-state index is 12.8. The molecule has 1 aromatic heterocycles. The predicted molar refractivity (Wildman–Crippen MR) is 48.7 cm³/mol. The SMILES string of the molecule is O=C(O)c1ccc2ccc(F)cc2n1. The Morgan fingerprint density at radius 3 is 2.71 bits per heavy atom. The molecule has 0 spiro atoms. The quantitative estimate of drug-likeness (QED) is 0.750. The van der Waals surface area contributed by atoms with Crippen molar-refractivity contribution in [2.45, 2.75) is 0 Å². The van der Waals surface area contributed by atoms with Gasteiger partial charge in [0, 0.05) is 11.5 Å². The van der Waals surface area contributed by atoms with E-state index in [0.717, 1.165) is 5.39 Å². The minimum Gasteiger partial charge on any atom is -0.477 e. The van der Waals surface area contributed by atoms with Gasteiger partial charge in [0.2, 0.25) is 0 Å². The molecule has 0 amide bonds. The molecule has 1 heterocycles. The molecule has 0 radical (unpaired) electrons. The Bertz CT molecular complexity index is 510. The van der Waals surface area contributed by atoms with Crippen LogP contribution in [0.25, 0.3) is 10.9 Å². The van der Waals surface area contributed by atoms with Crippen molar-refractivity contribution in [2.24, 2.45) is 0 Å². The summed E-state index contributed by atoms with van der Waals surface area (Å²) in [5, 5.41) is 9.38. The molecule has 0 bridgehead atoms. The molecule has 1 aromatic carbocycles. The fourth-order valence-corrected chi connectivity index (χ4v) is 1.21. The molecule has 3 nitrogen and oxygen atoms in total. The number of fused-ring (bicyclic) bond motifs is 1. The van der Waals surface area contributed by atoms with Crippen LogP contribution in [-0.4, -0.2) is 16.1 Å². The Hall–Kier alpha value is -1.97. The molecule has 0 atom stereocenters. The topological polar surface area (TPSA) is 50.2 Å². The second-order valence-corrected chi connectivity index (χ2v) is 2.84. The lowest BCUT2D eigenvalue weighted by molar-refractivity contribution is 0.0691. The number of benzene rings is 1. The maximum absolute atomic E-state index is 12.8. The van der Waals surface area contributed by atoms with Crippen LogP contribution in [0.5, 0.6) is 0 Å². The van der Waals surface area contributed by atoms with Gasteiger partial charge in [-0.2, -0.15) is 0 Å². The summed E-state index contributed by atoms with van der Waals surface area (Å²) in [4.78, 5) is 14.4. The number of carboxylic acids is 1. The first-order valence-corrected chi connectivity index (χ1v) is 3.96. The third kappa shape index (κ3) is 1.42. The van der Waals surface area contributed by atoms with Crippen LogP contribution in [0.4, 0.5) is 4.39 Å². The highest BCUT2D eigenvalue weighted by molar-refractivity contribution is 5.89. The summed E-state index contributed by atoms with van der Waals surface area (Å²) in [6, 6.07) is 7.07. The monoisotopic (exact) mass is 191 g/mol. The molecule has 0 fully saturated rings. The number of nitrogens with zero attached hydrogens (tertiary/aromatic N) is 1. The molecule has 0 saturated carbocycles. The van der Waals surface area contributed by atoms with Crippen LogP contribution < -0.4 is 0 Å². The second-order valence-electron chi connectivity index (χ2n) is 2.84. The van der Waals surface area contributed by atoms with Gasteiger partial charge in [-0.1, -0.05) is 6.07 Å². The third-order valence-electron chi connectivity index (χ3n) is 1.87.